The summed E-state index contributed by atoms with van der Waals surface area (Å²) in [6.07, 6.45) is 1.69. The van der Waals surface area contributed by atoms with Gasteiger partial charge < -0.3 is 9.52 Å². The fourth-order valence-electron chi connectivity index (χ4n) is 3.88. The van der Waals surface area contributed by atoms with Crippen LogP contribution in [0.15, 0.2) is 65.3 Å². The summed E-state index contributed by atoms with van der Waals surface area (Å²) >= 11 is 0. The van der Waals surface area contributed by atoms with Crippen LogP contribution in [0.25, 0.3) is 38.7 Å². The molecule has 27 heavy (non-hydrogen) atoms. The third-order valence-corrected chi connectivity index (χ3v) is 5.12. The van der Waals surface area contributed by atoms with Crippen molar-refractivity contribution in [3.05, 3.63) is 66.4 Å². The van der Waals surface area contributed by atoms with E-state index in [4.69, 9.17) is 9.40 Å². The summed E-state index contributed by atoms with van der Waals surface area (Å²) in [5, 5.41) is 13.3. The van der Waals surface area contributed by atoms with E-state index in [0.29, 0.717) is 5.71 Å². The molecule has 0 aliphatic carbocycles. The van der Waals surface area contributed by atoms with Crippen molar-refractivity contribution in [1.82, 2.24) is 9.55 Å². The Morgan fingerprint density at radius 2 is 1.67 bits per heavy atom. The van der Waals surface area contributed by atoms with Crippen molar-refractivity contribution in [2.75, 3.05) is 0 Å². The second kappa shape index (κ2) is 5.36. The zero-order chi connectivity index (χ0) is 18.8. The number of furan rings is 1. The highest BCUT2D eigenvalue weighted by Crippen LogP contribution is 2.36. The van der Waals surface area contributed by atoms with Gasteiger partial charge in [0.05, 0.1) is 17.3 Å². The summed E-state index contributed by atoms with van der Waals surface area (Å²) in [5.41, 5.74) is 3.73. The number of pyridine rings is 1. The van der Waals surface area contributed by atoms with Gasteiger partial charge in [0.15, 0.2) is 0 Å². The lowest BCUT2D eigenvalue weighted by Gasteiger charge is -2.21. The first-order valence-electron chi connectivity index (χ1n) is 9.05. The van der Waals surface area contributed by atoms with E-state index < -0.39 is 0 Å². The van der Waals surface area contributed by atoms with E-state index in [1.165, 1.54) is 5.56 Å². The van der Waals surface area contributed by atoms with E-state index in [1.54, 1.807) is 18.4 Å². The zero-order valence-corrected chi connectivity index (χ0v) is 15.5. The first kappa shape index (κ1) is 15.9. The first-order valence-corrected chi connectivity index (χ1v) is 9.05. The summed E-state index contributed by atoms with van der Waals surface area (Å²) in [4.78, 5) is 4.80. The summed E-state index contributed by atoms with van der Waals surface area (Å²) in [5.74, 6) is 1.03. The van der Waals surface area contributed by atoms with E-state index >= 15 is 0 Å². The molecule has 0 saturated carbocycles. The average molecular weight is 356 g/mol. The maximum absolute atomic E-state index is 10.1. The average Bonchev–Trinajstić information content (AvgIpc) is 3.21. The predicted octanol–water partition coefficient (Wildman–Crippen LogP) is 5.93. The Kier molecular flexibility index (Phi) is 3.17. The predicted molar refractivity (Wildman–Crippen MR) is 109 cm³/mol. The fraction of sp³-hybridized carbons (Fsp3) is 0.174. The maximum Gasteiger partial charge on any atom is 0.228 e. The number of phenolic OH excluding ortho intramolecular Hbond substituents is 1. The molecule has 0 radical (unpaired) electrons. The maximum atomic E-state index is 10.1. The van der Waals surface area contributed by atoms with Crippen LogP contribution in [0.1, 0.15) is 26.3 Å². The van der Waals surface area contributed by atoms with E-state index in [2.05, 4.69) is 43.5 Å². The second-order valence-corrected chi connectivity index (χ2v) is 7.97. The van der Waals surface area contributed by atoms with Gasteiger partial charge in [0, 0.05) is 22.2 Å². The molecule has 134 valence electrons. The third kappa shape index (κ3) is 2.33. The molecule has 0 bridgehead atoms. The van der Waals surface area contributed by atoms with Crippen molar-refractivity contribution in [3.8, 4) is 11.6 Å². The molecule has 5 aromatic rings. The third-order valence-electron chi connectivity index (χ3n) is 5.12. The SMILES string of the molecule is CC(C)(C)c1cc(-n2c3ccccc3c3ccc(O)cc32)nc2occc12. The lowest BCUT2D eigenvalue weighted by Crippen LogP contribution is -2.13. The number of aromatic hydroxyl groups is 1. The van der Waals surface area contributed by atoms with Gasteiger partial charge in [-0.15, -0.1) is 0 Å². The smallest absolute Gasteiger partial charge is 0.228 e. The molecule has 0 fully saturated rings. The van der Waals surface area contributed by atoms with Crippen LogP contribution in [-0.2, 0) is 5.41 Å². The van der Waals surface area contributed by atoms with Gasteiger partial charge in [-0.25, -0.2) is 0 Å². The molecule has 0 saturated heterocycles. The van der Waals surface area contributed by atoms with Crippen LogP contribution in [0.3, 0.4) is 0 Å². The molecule has 0 spiro atoms. The Balaban J connectivity index is 1.95. The highest BCUT2D eigenvalue weighted by molar-refractivity contribution is 6.09. The number of hydrogen-bond acceptors (Lipinski definition) is 3. The molecular formula is C23H20N2O2. The number of para-hydroxylation sites is 1. The van der Waals surface area contributed by atoms with Gasteiger partial charge in [0.2, 0.25) is 5.71 Å². The second-order valence-electron chi connectivity index (χ2n) is 7.97. The number of rotatable bonds is 1. The van der Waals surface area contributed by atoms with E-state index in [-0.39, 0.29) is 11.2 Å². The molecule has 4 heteroatoms. The minimum Gasteiger partial charge on any atom is -0.508 e. The Hall–Kier alpha value is -3.27. The number of aromatic nitrogens is 2. The molecule has 2 aromatic carbocycles. The van der Waals surface area contributed by atoms with Crippen molar-refractivity contribution in [2.45, 2.75) is 26.2 Å². The van der Waals surface area contributed by atoms with Crippen molar-refractivity contribution in [3.63, 3.8) is 0 Å². The number of fused-ring (bicyclic) bond motifs is 4. The quantitative estimate of drug-likeness (QED) is 0.405. The molecule has 0 aliphatic heterocycles. The van der Waals surface area contributed by atoms with Gasteiger partial charge in [-0.1, -0.05) is 39.0 Å². The molecule has 0 atom stereocenters. The van der Waals surface area contributed by atoms with Gasteiger partial charge >= 0.3 is 0 Å². The van der Waals surface area contributed by atoms with Crippen LogP contribution in [0, 0.1) is 0 Å². The largest absolute Gasteiger partial charge is 0.508 e. The van der Waals surface area contributed by atoms with Gasteiger partial charge in [0.25, 0.3) is 0 Å². The lowest BCUT2D eigenvalue weighted by molar-refractivity contribution is 0.476. The highest BCUT2D eigenvalue weighted by atomic mass is 16.3. The van der Waals surface area contributed by atoms with Gasteiger partial charge in [-0.05, 0) is 41.3 Å². The van der Waals surface area contributed by atoms with Crippen molar-refractivity contribution in [1.29, 1.82) is 0 Å². The molecule has 0 aliphatic rings. The van der Waals surface area contributed by atoms with Crippen molar-refractivity contribution >= 4 is 32.9 Å². The Morgan fingerprint density at radius 3 is 2.48 bits per heavy atom. The van der Waals surface area contributed by atoms with Crippen LogP contribution in [0.5, 0.6) is 5.75 Å². The molecular weight excluding hydrogens is 336 g/mol. The van der Waals surface area contributed by atoms with Crippen molar-refractivity contribution < 1.29 is 9.52 Å². The molecule has 5 rings (SSSR count). The van der Waals surface area contributed by atoms with E-state index in [1.807, 2.05) is 24.3 Å². The summed E-state index contributed by atoms with van der Waals surface area (Å²) in [6.45, 7) is 6.57. The Labute approximate surface area is 156 Å². The Morgan fingerprint density at radius 1 is 0.889 bits per heavy atom. The minimum atomic E-state index is -0.0548. The Bertz CT molecular complexity index is 1320. The first-order chi connectivity index (χ1) is 12.9. The van der Waals surface area contributed by atoms with Gasteiger partial charge in [-0.2, -0.15) is 4.98 Å². The topological polar surface area (TPSA) is 51.2 Å². The summed E-state index contributed by atoms with van der Waals surface area (Å²) in [6, 6.07) is 17.8. The number of nitrogens with zero attached hydrogens (tertiary/aromatic N) is 2. The highest BCUT2D eigenvalue weighted by Gasteiger charge is 2.22. The van der Waals surface area contributed by atoms with Crippen LogP contribution in [-0.4, -0.2) is 14.7 Å². The number of benzene rings is 2. The molecule has 3 aromatic heterocycles. The minimum absolute atomic E-state index is 0.0548. The normalized spacial score (nSPS) is 12.4. The number of phenols is 1. The van der Waals surface area contributed by atoms with E-state index in [9.17, 15) is 5.11 Å². The van der Waals surface area contributed by atoms with Crippen LogP contribution in [0.4, 0.5) is 0 Å². The number of hydrogen-bond donors (Lipinski definition) is 1. The fourth-order valence-corrected chi connectivity index (χ4v) is 3.88. The summed E-state index contributed by atoms with van der Waals surface area (Å²) < 4.78 is 7.77. The van der Waals surface area contributed by atoms with Gasteiger partial charge in [0.1, 0.15) is 11.6 Å². The standard InChI is InChI=1S/C23H20N2O2/c1-23(2,3)18-13-21(24-22-17(18)10-11-27-22)25-19-7-5-4-6-15(19)16-9-8-14(26)12-20(16)25/h4-13,26H,1-3H3. The van der Waals surface area contributed by atoms with Crippen LogP contribution < -0.4 is 0 Å². The van der Waals surface area contributed by atoms with Crippen LogP contribution in [0.2, 0.25) is 0 Å². The monoisotopic (exact) mass is 356 g/mol. The molecule has 4 nitrogen and oxygen atoms in total. The van der Waals surface area contributed by atoms with E-state index in [0.717, 1.165) is 33.0 Å². The lowest BCUT2D eigenvalue weighted by atomic mass is 9.85. The molecule has 3 heterocycles. The molecule has 0 unspecified atom stereocenters. The molecule has 1 N–H and O–H groups in total. The summed E-state index contributed by atoms with van der Waals surface area (Å²) in [7, 11) is 0. The van der Waals surface area contributed by atoms with Crippen molar-refractivity contribution in [2.24, 2.45) is 0 Å². The zero-order valence-electron chi connectivity index (χ0n) is 15.5. The van der Waals surface area contributed by atoms with Crippen LogP contribution >= 0.6 is 0 Å². The van der Waals surface area contributed by atoms with Gasteiger partial charge in [-0.3, -0.25) is 4.57 Å². The molecule has 0 amide bonds.